The van der Waals surface area contributed by atoms with Gasteiger partial charge in [0.15, 0.2) is 0 Å². The maximum atomic E-state index is 8.96. The first-order valence-corrected chi connectivity index (χ1v) is 6.27. The Bertz CT molecular complexity index is 520. The molecule has 0 spiro atoms. The molecule has 0 bridgehead atoms. The Kier molecular flexibility index (Phi) is 2.49. The van der Waals surface area contributed by atoms with Crippen LogP contribution in [-0.2, 0) is 0 Å². The lowest BCUT2D eigenvalue weighted by atomic mass is 10.1. The fourth-order valence-electron chi connectivity index (χ4n) is 1.43. The van der Waals surface area contributed by atoms with Crippen LogP contribution in [0.25, 0.3) is 10.1 Å². The van der Waals surface area contributed by atoms with Crippen LogP contribution in [0.2, 0.25) is 0 Å². The van der Waals surface area contributed by atoms with Crippen LogP contribution in [0, 0.1) is 18.3 Å². The van der Waals surface area contributed by atoms with Gasteiger partial charge >= 0.3 is 0 Å². The van der Waals surface area contributed by atoms with E-state index in [9.17, 15) is 0 Å². The molecule has 1 aromatic heterocycles. The second kappa shape index (κ2) is 3.64. The van der Waals surface area contributed by atoms with E-state index in [4.69, 9.17) is 5.26 Å². The van der Waals surface area contributed by atoms with Crippen LogP contribution in [-0.4, -0.2) is 6.26 Å². The van der Waals surface area contributed by atoms with Crippen LogP contribution in [0.5, 0.6) is 0 Å². The first kappa shape index (κ1) is 9.57. The molecule has 0 aliphatic heterocycles. The van der Waals surface area contributed by atoms with E-state index < -0.39 is 0 Å². The topological polar surface area (TPSA) is 23.8 Å². The molecule has 0 unspecified atom stereocenters. The number of fused-ring (bicyclic) bond motifs is 1. The molecule has 0 fully saturated rings. The van der Waals surface area contributed by atoms with Crippen LogP contribution in [0.3, 0.4) is 0 Å². The van der Waals surface area contributed by atoms with Gasteiger partial charge in [0.05, 0.1) is 15.8 Å². The van der Waals surface area contributed by atoms with Crippen molar-refractivity contribution in [3.8, 4) is 6.07 Å². The predicted molar refractivity (Wildman–Crippen MR) is 63.1 cm³/mol. The monoisotopic (exact) mass is 219 g/mol. The summed E-state index contributed by atoms with van der Waals surface area (Å²) >= 11 is 3.50. The SMILES string of the molecule is CSc1cc2c(C#N)ccc(C)c2s1. The van der Waals surface area contributed by atoms with E-state index in [0.29, 0.717) is 0 Å². The average molecular weight is 219 g/mol. The van der Waals surface area contributed by atoms with Gasteiger partial charge < -0.3 is 0 Å². The van der Waals surface area contributed by atoms with Crippen LogP contribution >= 0.6 is 23.1 Å². The number of hydrogen-bond donors (Lipinski definition) is 0. The smallest absolute Gasteiger partial charge is 0.0998 e. The van der Waals surface area contributed by atoms with Crippen LogP contribution in [0.1, 0.15) is 11.1 Å². The summed E-state index contributed by atoms with van der Waals surface area (Å²) in [6.45, 7) is 2.09. The number of nitriles is 1. The minimum atomic E-state index is 0.780. The molecule has 2 rings (SSSR count). The number of thioether (sulfide) groups is 1. The number of thiophene rings is 1. The normalized spacial score (nSPS) is 10.4. The van der Waals surface area contributed by atoms with Gasteiger partial charge in [0.1, 0.15) is 0 Å². The molecule has 0 radical (unpaired) electrons. The summed E-state index contributed by atoms with van der Waals surface area (Å²) < 4.78 is 2.51. The summed E-state index contributed by atoms with van der Waals surface area (Å²) in [5, 5.41) is 10.1. The Morgan fingerprint density at radius 3 is 2.86 bits per heavy atom. The quantitative estimate of drug-likeness (QED) is 0.681. The van der Waals surface area contributed by atoms with Crippen molar-refractivity contribution in [1.82, 2.24) is 0 Å². The van der Waals surface area contributed by atoms with Crippen molar-refractivity contribution in [1.29, 1.82) is 5.26 Å². The van der Waals surface area contributed by atoms with Crippen molar-refractivity contribution in [3.05, 3.63) is 29.3 Å². The van der Waals surface area contributed by atoms with Crippen molar-refractivity contribution >= 4 is 33.2 Å². The molecule has 14 heavy (non-hydrogen) atoms. The lowest BCUT2D eigenvalue weighted by Gasteiger charge is -1.95. The third-order valence-electron chi connectivity index (χ3n) is 2.18. The van der Waals surface area contributed by atoms with Gasteiger partial charge in [-0.2, -0.15) is 5.26 Å². The highest BCUT2D eigenvalue weighted by Gasteiger charge is 2.07. The first-order chi connectivity index (χ1) is 6.76. The van der Waals surface area contributed by atoms with E-state index in [0.717, 1.165) is 10.9 Å². The van der Waals surface area contributed by atoms with Crippen molar-refractivity contribution < 1.29 is 0 Å². The summed E-state index contributed by atoms with van der Waals surface area (Å²) in [5.74, 6) is 0. The van der Waals surface area contributed by atoms with Gasteiger partial charge in [-0.3, -0.25) is 0 Å². The summed E-state index contributed by atoms with van der Waals surface area (Å²) in [4.78, 5) is 0. The molecule has 0 aliphatic carbocycles. The Morgan fingerprint density at radius 1 is 1.43 bits per heavy atom. The van der Waals surface area contributed by atoms with E-state index in [-0.39, 0.29) is 0 Å². The minimum absolute atomic E-state index is 0.780. The first-order valence-electron chi connectivity index (χ1n) is 4.23. The molecule has 0 aliphatic rings. The number of rotatable bonds is 1. The number of hydrogen-bond acceptors (Lipinski definition) is 3. The molecular formula is C11H9NS2. The molecule has 0 saturated heterocycles. The summed E-state index contributed by atoms with van der Waals surface area (Å²) in [5.41, 5.74) is 2.03. The van der Waals surface area contributed by atoms with Gasteiger partial charge in [0.2, 0.25) is 0 Å². The zero-order chi connectivity index (χ0) is 10.1. The van der Waals surface area contributed by atoms with Gasteiger partial charge in [-0.1, -0.05) is 6.07 Å². The number of aryl methyl sites for hydroxylation is 1. The second-order valence-corrected chi connectivity index (χ2v) is 5.21. The molecule has 0 amide bonds. The fraction of sp³-hybridized carbons (Fsp3) is 0.182. The van der Waals surface area contributed by atoms with E-state index in [1.807, 2.05) is 12.1 Å². The average Bonchev–Trinajstić information content (AvgIpc) is 2.63. The van der Waals surface area contributed by atoms with E-state index >= 15 is 0 Å². The van der Waals surface area contributed by atoms with Gasteiger partial charge in [-0.25, -0.2) is 0 Å². The van der Waals surface area contributed by atoms with Crippen molar-refractivity contribution in [2.24, 2.45) is 0 Å². The summed E-state index contributed by atoms with van der Waals surface area (Å²) in [6, 6.07) is 8.25. The number of benzene rings is 1. The molecule has 0 saturated carbocycles. The van der Waals surface area contributed by atoms with Gasteiger partial charge in [0.25, 0.3) is 0 Å². The maximum absolute atomic E-state index is 8.96. The van der Waals surface area contributed by atoms with E-state index in [1.54, 1.807) is 23.1 Å². The van der Waals surface area contributed by atoms with E-state index in [1.165, 1.54) is 14.5 Å². The van der Waals surface area contributed by atoms with Crippen LogP contribution in [0.15, 0.2) is 22.4 Å². The largest absolute Gasteiger partial charge is 0.192 e. The fourth-order valence-corrected chi connectivity index (χ4v) is 3.14. The minimum Gasteiger partial charge on any atom is -0.192 e. The van der Waals surface area contributed by atoms with E-state index in [2.05, 4.69) is 25.3 Å². The summed E-state index contributed by atoms with van der Waals surface area (Å²) in [7, 11) is 0. The highest BCUT2D eigenvalue weighted by atomic mass is 32.2. The van der Waals surface area contributed by atoms with Crippen LogP contribution < -0.4 is 0 Å². The Morgan fingerprint density at radius 2 is 2.21 bits per heavy atom. The summed E-state index contributed by atoms with van der Waals surface area (Å²) in [6.07, 6.45) is 2.06. The van der Waals surface area contributed by atoms with Gasteiger partial charge in [-0.15, -0.1) is 23.1 Å². The van der Waals surface area contributed by atoms with Crippen LogP contribution in [0.4, 0.5) is 0 Å². The molecular weight excluding hydrogens is 210 g/mol. The highest BCUT2D eigenvalue weighted by molar-refractivity contribution is 8.00. The van der Waals surface area contributed by atoms with Gasteiger partial charge in [0, 0.05) is 10.1 Å². The molecule has 1 heterocycles. The lowest BCUT2D eigenvalue weighted by molar-refractivity contribution is 1.49. The Balaban J connectivity index is 2.83. The number of nitrogens with zero attached hydrogens (tertiary/aromatic N) is 1. The van der Waals surface area contributed by atoms with Crippen molar-refractivity contribution in [3.63, 3.8) is 0 Å². The molecule has 2 aromatic rings. The lowest BCUT2D eigenvalue weighted by Crippen LogP contribution is -1.77. The molecule has 0 N–H and O–H groups in total. The standard InChI is InChI=1S/C11H9NS2/c1-7-3-4-8(6-12)9-5-10(13-2)14-11(7)9/h3-5H,1-2H3. The Labute approximate surface area is 91.4 Å². The maximum Gasteiger partial charge on any atom is 0.0998 e. The Hall–Kier alpha value is -0.980. The zero-order valence-corrected chi connectivity index (χ0v) is 9.63. The second-order valence-electron chi connectivity index (χ2n) is 3.05. The van der Waals surface area contributed by atoms with Crippen molar-refractivity contribution in [2.75, 3.05) is 6.26 Å². The highest BCUT2D eigenvalue weighted by Crippen LogP contribution is 2.35. The van der Waals surface area contributed by atoms with Gasteiger partial charge in [-0.05, 0) is 30.9 Å². The zero-order valence-electron chi connectivity index (χ0n) is 8.00. The molecule has 1 nitrogen and oxygen atoms in total. The molecule has 70 valence electrons. The third kappa shape index (κ3) is 1.41. The third-order valence-corrected chi connectivity index (χ3v) is 4.51. The molecule has 3 heteroatoms. The molecule has 0 atom stereocenters. The van der Waals surface area contributed by atoms with Crippen molar-refractivity contribution in [2.45, 2.75) is 11.1 Å². The molecule has 1 aromatic carbocycles. The predicted octanol–water partition coefficient (Wildman–Crippen LogP) is 3.80.